The summed E-state index contributed by atoms with van der Waals surface area (Å²) in [5.41, 5.74) is 11.3. The van der Waals surface area contributed by atoms with Gasteiger partial charge in [-0.2, -0.15) is 0 Å². The van der Waals surface area contributed by atoms with Gasteiger partial charge in [-0.25, -0.2) is 9.97 Å². The first-order valence-electron chi connectivity index (χ1n) is 14.9. The number of fused-ring (bicyclic) bond motifs is 10. The second-order valence-electron chi connectivity index (χ2n) is 12.2. The predicted molar refractivity (Wildman–Crippen MR) is 180 cm³/mol. The van der Waals surface area contributed by atoms with Crippen LogP contribution in [0.15, 0.2) is 133 Å². The van der Waals surface area contributed by atoms with Crippen LogP contribution in [0.5, 0.6) is 0 Å². The van der Waals surface area contributed by atoms with Crippen LogP contribution in [0.3, 0.4) is 0 Å². The lowest BCUT2D eigenvalue weighted by atomic mass is 9.79. The summed E-state index contributed by atoms with van der Waals surface area (Å²) in [6, 6.07) is 48.0. The molecule has 0 spiro atoms. The van der Waals surface area contributed by atoms with Gasteiger partial charge in [0.25, 0.3) is 0 Å². The third-order valence-corrected chi connectivity index (χ3v) is 9.40. The van der Waals surface area contributed by atoms with Gasteiger partial charge in [-0.3, -0.25) is 0 Å². The van der Waals surface area contributed by atoms with E-state index in [1.165, 1.54) is 54.6 Å². The van der Waals surface area contributed by atoms with Gasteiger partial charge in [0.05, 0.1) is 22.4 Å². The standard InChI is InChI=1S/C41H28N2/c1-41(2)34-13-7-6-12-30(34)32-23-22-31-33(38(32)41)21-18-25-16-17-27-24-28(19-20-29(27)37(25)31)40-39(26-10-4-3-5-11-26)42-35-14-8-9-15-36(35)43-40/h3-24H,1-2H3. The lowest BCUT2D eigenvalue weighted by molar-refractivity contribution is 0.666. The maximum atomic E-state index is 5.15. The fraction of sp³-hybridized carbons (Fsp3) is 0.0732. The van der Waals surface area contributed by atoms with Crippen molar-refractivity contribution in [1.29, 1.82) is 0 Å². The summed E-state index contributed by atoms with van der Waals surface area (Å²) in [6.45, 7) is 4.73. The molecule has 1 aliphatic carbocycles. The van der Waals surface area contributed by atoms with Crippen LogP contribution < -0.4 is 0 Å². The molecule has 43 heavy (non-hydrogen) atoms. The first kappa shape index (κ1) is 24.3. The van der Waals surface area contributed by atoms with E-state index in [4.69, 9.17) is 9.97 Å². The summed E-state index contributed by atoms with van der Waals surface area (Å²) in [5, 5.41) is 7.69. The van der Waals surface area contributed by atoms with E-state index < -0.39 is 0 Å². The van der Waals surface area contributed by atoms with Gasteiger partial charge in [-0.05, 0) is 72.8 Å². The van der Waals surface area contributed by atoms with E-state index in [-0.39, 0.29) is 5.41 Å². The number of aromatic nitrogens is 2. The number of rotatable bonds is 2. The minimum Gasteiger partial charge on any atom is -0.244 e. The number of nitrogens with zero attached hydrogens (tertiary/aromatic N) is 2. The van der Waals surface area contributed by atoms with Gasteiger partial charge in [0.2, 0.25) is 0 Å². The van der Waals surface area contributed by atoms with E-state index in [2.05, 4.69) is 117 Å². The van der Waals surface area contributed by atoms with E-state index in [9.17, 15) is 0 Å². The van der Waals surface area contributed by atoms with Crippen molar-refractivity contribution in [3.8, 4) is 33.6 Å². The summed E-state index contributed by atoms with van der Waals surface area (Å²) < 4.78 is 0. The summed E-state index contributed by atoms with van der Waals surface area (Å²) in [7, 11) is 0. The quantitative estimate of drug-likeness (QED) is 0.201. The Morgan fingerprint density at radius 2 is 1.09 bits per heavy atom. The molecular weight excluding hydrogens is 520 g/mol. The summed E-state index contributed by atoms with van der Waals surface area (Å²) in [5.74, 6) is 0. The molecular formula is C41H28N2. The lowest BCUT2D eigenvalue weighted by Crippen LogP contribution is -2.15. The molecule has 0 atom stereocenters. The fourth-order valence-electron chi connectivity index (χ4n) is 7.41. The minimum absolute atomic E-state index is 0.0561. The SMILES string of the molecule is CC1(C)c2ccccc2-c2ccc3c(ccc4ccc5cc(-c6nc7ccccc7nc6-c6ccccc6)ccc5c43)c21. The van der Waals surface area contributed by atoms with Gasteiger partial charge in [-0.1, -0.05) is 129 Å². The summed E-state index contributed by atoms with van der Waals surface area (Å²) in [6.07, 6.45) is 0. The van der Waals surface area contributed by atoms with Crippen LogP contribution in [0.4, 0.5) is 0 Å². The Morgan fingerprint density at radius 3 is 1.91 bits per heavy atom. The highest BCUT2D eigenvalue weighted by Gasteiger charge is 2.36. The first-order valence-corrected chi connectivity index (χ1v) is 14.9. The number of hydrogen-bond acceptors (Lipinski definition) is 2. The van der Waals surface area contributed by atoms with Gasteiger partial charge in [0, 0.05) is 16.5 Å². The van der Waals surface area contributed by atoms with Crippen LogP contribution in [0.2, 0.25) is 0 Å². The van der Waals surface area contributed by atoms with Crippen LogP contribution in [0, 0.1) is 0 Å². The van der Waals surface area contributed by atoms with Crippen LogP contribution in [0.1, 0.15) is 25.0 Å². The topological polar surface area (TPSA) is 25.8 Å². The molecule has 2 heteroatoms. The molecule has 0 saturated heterocycles. The second-order valence-corrected chi connectivity index (χ2v) is 12.2. The van der Waals surface area contributed by atoms with E-state index in [0.717, 1.165) is 33.5 Å². The molecule has 0 N–H and O–H groups in total. The van der Waals surface area contributed by atoms with Crippen molar-refractivity contribution in [3.63, 3.8) is 0 Å². The fourth-order valence-corrected chi connectivity index (χ4v) is 7.41. The van der Waals surface area contributed by atoms with Crippen LogP contribution in [-0.4, -0.2) is 9.97 Å². The van der Waals surface area contributed by atoms with E-state index in [1.807, 2.05) is 30.3 Å². The van der Waals surface area contributed by atoms with Gasteiger partial charge in [0.1, 0.15) is 0 Å². The Morgan fingerprint density at radius 1 is 0.465 bits per heavy atom. The zero-order chi connectivity index (χ0) is 28.7. The van der Waals surface area contributed by atoms with Crippen molar-refractivity contribution >= 4 is 43.4 Å². The Bertz CT molecular complexity index is 2420. The molecule has 0 bridgehead atoms. The molecule has 0 fully saturated rings. The molecule has 0 radical (unpaired) electrons. The Labute approximate surface area is 250 Å². The summed E-state index contributed by atoms with van der Waals surface area (Å²) >= 11 is 0. The normalized spacial score (nSPS) is 13.5. The molecule has 7 aromatic carbocycles. The van der Waals surface area contributed by atoms with Crippen molar-refractivity contribution in [1.82, 2.24) is 9.97 Å². The van der Waals surface area contributed by atoms with Crippen molar-refractivity contribution in [2.75, 3.05) is 0 Å². The molecule has 8 aromatic rings. The van der Waals surface area contributed by atoms with Gasteiger partial charge in [0.15, 0.2) is 0 Å². The molecule has 1 aliphatic rings. The van der Waals surface area contributed by atoms with Crippen molar-refractivity contribution < 1.29 is 0 Å². The molecule has 0 unspecified atom stereocenters. The van der Waals surface area contributed by atoms with Crippen LogP contribution in [-0.2, 0) is 5.41 Å². The maximum Gasteiger partial charge on any atom is 0.0973 e. The van der Waals surface area contributed by atoms with Gasteiger partial charge in [-0.15, -0.1) is 0 Å². The third kappa shape index (κ3) is 3.47. The van der Waals surface area contributed by atoms with Gasteiger partial charge >= 0.3 is 0 Å². The Kier molecular flexibility index (Phi) is 4.99. The number of hydrogen-bond donors (Lipinski definition) is 0. The Hall–Kier alpha value is -5.34. The molecule has 1 heterocycles. The lowest BCUT2D eigenvalue weighted by Gasteiger charge is -2.23. The van der Waals surface area contributed by atoms with Crippen LogP contribution in [0.25, 0.3) is 77.0 Å². The van der Waals surface area contributed by atoms with E-state index in [0.29, 0.717) is 0 Å². The third-order valence-electron chi connectivity index (χ3n) is 9.40. The average Bonchev–Trinajstić information content (AvgIpc) is 3.30. The maximum absolute atomic E-state index is 5.15. The van der Waals surface area contributed by atoms with E-state index in [1.54, 1.807) is 0 Å². The molecule has 2 nitrogen and oxygen atoms in total. The molecule has 202 valence electrons. The van der Waals surface area contributed by atoms with Gasteiger partial charge < -0.3 is 0 Å². The molecule has 1 aromatic heterocycles. The number of para-hydroxylation sites is 2. The van der Waals surface area contributed by atoms with Crippen molar-refractivity contribution in [3.05, 3.63) is 145 Å². The average molecular weight is 549 g/mol. The Balaban J connectivity index is 1.29. The van der Waals surface area contributed by atoms with E-state index >= 15 is 0 Å². The molecule has 0 amide bonds. The monoisotopic (exact) mass is 548 g/mol. The highest BCUT2D eigenvalue weighted by Crippen LogP contribution is 2.52. The zero-order valence-electron chi connectivity index (χ0n) is 24.1. The largest absolute Gasteiger partial charge is 0.244 e. The minimum atomic E-state index is -0.0561. The molecule has 0 aliphatic heterocycles. The smallest absolute Gasteiger partial charge is 0.0973 e. The summed E-state index contributed by atoms with van der Waals surface area (Å²) in [4.78, 5) is 10.2. The van der Waals surface area contributed by atoms with Crippen molar-refractivity contribution in [2.24, 2.45) is 0 Å². The first-order chi connectivity index (χ1) is 21.1. The number of benzene rings is 7. The second kappa shape index (κ2) is 8.83. The zero-order valence-corrected chi connectivity index (χ0v) is 24.1. The van der Waals surface area contributed by atoms with Crippen LogP contribution >= 0.6 is 0 Å². The predicted octanol–water partition coefficient (Wildman–Crippen LogP) is 10.7. The van der Waals surface area contributed by atoms with Crippen molar-refractivity contribution in [2.45, 2.75) is 19.3 Å². The molecule has 9 rings (SSSR count). The highest BCUT2D eigenvalue weighted by atomic mass is 14.8. The highest BCUT2D eigenvalue weighted by molar-refractivity contribution is 6.22. The molecule has 0 saturated carbocycles.